The summed E-state index contributed by atoms with van der Waals surface area (Å²) in [5.41, 5.74) is 1.15. The van der Waals surface area contributed by atoms with Gasteiger partial charge in [0.05, 0.1) is 5.56 Å². The third-order valence-electron chi connectivity index (χ3n) is 2.41. The molecule has 0 aromatic heterocycles. The molecule has 0 radical (unpaired) electrons. The predicted molar refractivity (Wildman–Crippen MR) is 72.0 cm³/mol. The van der Waals surface area contributed by atoms with Crippen molar-refractivity contribution in [3.05, 3.63) is 28.8 Å². The molecule has 18 heavy (non-hydrogen) atoms. The van der Waals surface area contributed by atoms with Gasteiger partial charge in [0.2, 0.25) is 5.91 Å². The maximum Gasteiger partial charge on any atom is 0.253 e. The molecule has 0 spiro atoms. The first-order chi connectivity index (χ1) is 8.58. The van der Waals surface area contributed by atoms with Crippen molar-refractivity contribution in [3.63, 3.8) is 0 Å². The van der Waals surface area contributed by atoms with Crippen molar-refractivity contribution in [2.75, 3.05) is 26.0 Å². The molecule has 1 aromatic rings. The zero-order valence-corrected chi connectivity index (χ0v) is 11.1. The molecule has 0 fully saturated rings. The lowest BCUT2D eigenvalue weighted by Crippen LogP contribution is -2.29. The van der Waals surface area contributed by atoms with Crippen molar-refractivity contribution in [2.45, 2.75) is 6.42 Å². The van der Waals surface area contributed by atoms with Crippen LogP contribution in [-0.2, 0) is 4.79 Å². The van der Waals surface area contributed by atoms with E-state index >= 15 is 0 Å². The second-order valence-electron chi connectivity index (χ2n) is 3.62. The molecule has 1 aromatic carbocycles. The molecule has 5 nitrogen and oxygen atoms in total. The van der Waals surface area contributed by atoms with Gasteiger partial charge in [0.1, 0.15) is 0 Å². The monoisotopic (exact) mass is 269 g/mol. The smallest absolute Gasteiger partial charge is 0.253 e. The van der Waals surface area contributed by atoms with E-state index in [2.05, 4.69) is 16.0 Å². The van der Waals surface area contributed by atoms with Gasteiger partial charge in [0.15, 0.2) is 0 Å². The van der Waals surface area contributed by atoms with Gasteiger partial charge in [0.25, 0.3) is 5.91 Å². The summed E-state index contributed by atoms with van der Waals surface area (Å²) in [4.78, 5) is 22.9. The van der Waals surface area contributed by atoms with Gasteiger partial charge in [-0.25, -0.2) is 0 Å². The first kappa shape index (κ1) is 14.3. The molecule has 0 saturated carbocycles. The normalized spacial score (nSPS) is 9.72. The summed E-state index contributed by atoms with van der Waals surface area (Å²) >= 11 is 5.85. The van der Waals surface area contributed by atoms with Gasteiger partial charge in [-0.15, -0.1) is 0 Å². The minimum atomic E-state index is -0.259. The van der Waals surface area contributed by atoms with Crippen LogP contribution in [0.3, 0.4) is 0 Å². The molecule has 6 heteroatoms. The number of amides is 2. The molecule has 0 saturated heterocycles. The fourth-order valence-electron chi connectivity index (χ4n) is 1.43. The molecule has 0 bridgehead atoms. The summed E-state index contributed by atoms with van der Waals surface area (Å²) in [7, 11) is 3.28. The number of hydrogen-bond donors (Lipinski definition) is 3. The molecule has 0 atom stereocenters. The molecule has 3 N–H and O–H groups in total. The minimum Gasteiger partial charge on any atom is -0.387 e. The molecule has 0 aliphatic rings. The number of anilines is 1. The quantitative estimate of drug-likeness (QED) is 0.753. The van der Waals surface area contributed by atoms with Crippen molar-refractivity contribution in [1.29, 1.82) is 0 Å². The summed E-state index contributed by atoms with van der Waals surface area (Å²) in [5.74, 6) is -0.374. The van der Waals surface area contributed by atoms with Crippen LogP contribution in [0.5, 0.6) is 0 Å². The average Bonchev–Trinajstić information content (AvgIpc) is 2.38. The maximum atomic E-state index is 11.9. The molecule has 98 valence electrons. The fourth-order valence-corrected chi connectivity index (χ4v) is 1.60. The molecular formula is C12H16ClN3O2. The molecule has 1 rings (SSSR count). The van der Waals surface area contributed by atoms with Gasteiger partial charge in [-0.05, 0) is 18.2 Å². The van der Waals surface area contributed by atoms with E-state index < -0.39 is 0 Å². The topological polar surface area (TPSA) is 70.2 Å². The lowest BCUT2D eigenvalue weighted by molar-refractivity contribution is -0.120. The first-order valence-corrected chi connectivity index (χ1v) is 5.92. The summed E-state index contributed by atoms with van der Waals surface area (Å²) < 4.78 is 0. The highest BCUT2D eigenvalue weighted by atomic mass is 35.5. The number of benzene rings is 1. The van der Waals surface area contributed by atoms with E-state index in [0.717, 1.165) is 0 Å². The summed E-state index contributed by atoms with van der Waals surface area (Å²) in [6.45, 7) is 0.286. The highest BCUT2D eigenvalue weighted by Gasteiger charge is 2.11. The largest absolute Gasteiger partial charge is 0.387 e. The third-order valence-corrected chi connectivity index (χ3v) is 2.65. The number of carbonyl (C=O) groups excluding carboxylic acids is 2. The lowest BCUT2D eigenvalue weighted by Gasteiger charge is -2.10. The first-order valence-electron chi connectivity index (χ1n) is 5.54. The second-order valence-corrected chi connectivity index (χ2v) is 4.06. The van der Waals surface area contributed by atoms with Gasteiger partial charge in [-0.2, -0.15) is 0 Å². The molecule has 2 amide bonds. The zero-order valence-electron chi connectivity index (χ0n) is 10.3. The Labute approximate surface area is 111 Å². The average molecular weight is 270 g/mol. The fraction of sp³-hybridized carbons (Fsp3) is 0.333. The Morgan fingerprint density at radius 2 is 2.00 bits per heavy atom. The minimum absolute atomic E-state index is 0.116. The Hall–Kier alpha value is -1.75. The molecule has 0 aliphatic heterocycles. The van der Waals surface area contributed by atoms with Gasteiger partial charge in [-0.3, -0.25) is 9.59 Å². The van der Waals surface area contributed by atoms with Crippen molar-refractivity contribution in [3.8, 4) is 0 Å². The molecule has 0 unspecified atom stereocenters. The third kappa shape index (κ3) is 3.92. The van der Waals surface area contributed by atoms with Gasteiger partial charge in [-0.1, -0.05) is 11.6 Å². The number of rotatable bonds is 5. The molecule has 0 heterocycles. The zero-order chi connectivity index (χ0) is 13.5. The Morgan fingerprint density at radius 1 is 1.28 bits per heavy atom. The maximum absolute atomic E-state index is 11.9. The molecular weight excluding hydrogens is 254 g/mol. The van der Waals surface area contributed by atoms with Crippen LogP contribution in [0.1, 0.15) is 16.8 Å². The Morgan fingerprint density at radius 3 is 2.61 bits per heavy atom. The van der Waals surface area contributed by atoms with Crippen LogP contribution in [0.25, 0.3) is 0 Å². The highest BCUT2D eigenvalue weighted by molar-refractivity contribution is 6.31. The van der Waals surface area contributed by atoms with E-state index in [1.54, 1.807) is 32.3 Å². The van der Waals surface area contributed by atoms with Crippen LogP contribution in [0, 0.1) is 0 Å². The summed E-state index contributed by atoms with van der Waals surface area (Å²) in [6, 6.07) is 5.02. The summed E-state index contributed by atoms with van der Waals surface area (Å²) in [6.07, 6.45) is 0.248. The van der Waals surface area contributed by atoms with Crippen molar-refractivity contribution in [1.82, 2.24) is 10.6 Å². The Kier molecular flexibility index (Phi) is 5.45. The van der Waals surface area contributed by atoms with Crippen LogP contribution < -0.4 is 16.0 Å². The van der Waals surface area contributed by atoms with E-state index in [-0.39, 0.29) is 24.8 Å². The van der Waals surface area contributed by atoms with E-state index in [1.807, 2.05) is 0 Å². The Bertz CT molecular complexity index is 449. The van der Waals surface area contributed by atoms with Crippen LogP contribution in [0.2, 0.25) is 5.02 Å². The number of halogens is 1. The van der Waals surface area contributed by atoms with E-state index in [1.165, 1.54) is 0 Å². The van der Waals surface area contributed by atoms with Gasteiger partial charge >= 0.3 is 0 Å². The van der Waals surface area contributed by atoms with Crippen molar-refractivity contribution >= 4 is 29.1 Å². The highest BCUT2D eigenvalue weighted by Crippen LogP contribution is 2.20. The van der Waals surface area contributed by atoms with Gasteiger partial charge in [0, 0.05) is 37.8 Å². The SMILES string of the molecule is CNC(=O)CCNC(=O)c1cc(Cl)ccc1NC. The Balaban J connectivity index is 2.66. The lowest BCUT2D eigenvalue weighted by atomic mass is 10.1. The second kappa shape index (κ2) is 6.86. The van der Waals surface area contributed by atoms with Crippen LogP contribution >= 0.6 is 11.6 Å². The van der Waals surface area contributed by atoms with Crippen LogP contribution in [-0.4, -0.2) is 32.5 Å². The number of nitrogens with one attached hydrogen (secondary N) is 3. The standard InChI is InChI=1S/C12H16ClN3O2/c1-14-10-4-3-8(13)7-9(10)12(18)16-6-5-11(17)15-2/h3-4,7,14H,5-6H2,1-2H3,(H,15,17)(H,16,18). The summed E-state index contributed by atoms with van der Waals surface area (Å²) in [5, 5.41) is 8.56. The van der Waals surface area contributed by atoms with Crippen LogP contribution in [0.15, 0.2) is 18.2 Å². The predicted octanol–water partition coefficient (Wildman–Crippen LogP) is 1.25. The van der Waals surface area contributed by atoms with Gasteiger partial charge < -0.3 is 16.0 Å². The van der Waals surface area contributed by atoms with Crippen molar-refractivity contribution in [2.24, 2.45) is 0 Å². The number of carbonyl (C=O) groups is 2. The molecule has 0 aliphatic carbocycles. The van der Waals surface area contributed by atoms with E-state index in [0.29, 0.717) is 16.3 Å². The van der Waals surface area contributed by atoms with Crippen LogP contribution in [0.4, 0.5) is 5.69 Å². The van der Waals surface area contributed by atoms with E-state index in [4.69, 9.17) is 11.6 Å². The van der Waals surface area contributed by atoms with Crippen molar-refractivity contribution < 1.29 is 9.59 Å². The number of hydrogen-bond acceptors (Lipinski definition) is 3. The van der Waals surface area contributed by atoms with E-state index in [9.17, 15) is 9.59 Å².